The van der Waals surface area contributed by atoms with Gasteiger partial charge in [-0.15, -0.1) is 11.3 Å². The van der Waals surface area contributed by atoms with Crippen molar-refractivity contribution >= 4 is 23.2 Å². The number of rotatable bonds is 10. The number of likely N-dealkylation sites (N-methyl/N-ethyl adjacent to an activating group) is 1. The molecule has 1 amide bonds. The zero-order chi connectivity index (χ0) is 20.3. The summed E-state index contributed by atoms with van der Waals surface area (Å²) in [6, 6.07) is 0. The summed E-state index contributed by atoms with van der Waals surface area (Å²) >= 11 is 1.71. The van der Waals surface area contributed by atoms with E-state index in [0.717, 1.165) is 36.7 Å². The summed E-state index contributed by atoms with van der Waals surface area (Å²) in [7, 11) is 3.46. The molecular formula is C19H35N5O2S. The van der Waals surface area contributed by atoms with Crippen LogP contribution >= 0.6 is 11.3 Å². The summed E-state index contributed by atoms with van der Waals surface area (Å²) in [5.74, 6) is 0.618. The molecule has 7 nitrogen and oxygen atoms in total. The molecular weight excluding hydrogens is 362 g/mol. The number of carbonyl (C=O) groups is 1. The predicted molar refractivity (Wildman–Crippen MR) is 113 cm³/mol. The molecule has 0 bridgehead atoms. The molecule has 0 atom stereocenters. The van der Waals surface area contributed by atoms with Crippen molar-refractivity contribution in [3.8, 4) is 0 Å². The zero-order valence-electron chi connectivity index (χ0n) is 17.6. The minimum atomic E-state index is -0.0280. The highest BCUT2D eigenvalue weighted by Gasteiger charge is 2.17. The number of hydrogen-bond acceptors (Lipinski definition) is 5. The smallest absolute Gasteiger partial charge is 0.243 e. The lowest BCUT2D eigenvalue weighted by Gasteiger charge is -2.14. The van der Waals surface area contributed by atoms with Crippen molar-refractivity contribution in [3.63, 3.8) is 0 Å². The van der Waals surface area contributed by atoms with Crippen molar-refractivity contribution in [2.24, 2.45) is 4.99 Å². The maximum absolute atomic E-state index is 11.8. The maximum Gasteiger partial charge on any atom is 0.243 e. The third kappa shape index (κ3) is 9.72. The van der Waals surface area contributed by atoms with Crippen molar-refractivity contribution in [1.82, 2.24) is 20.5 Å². The first kappa shape index (κ1) is 23.4. The van der Waals surface area contributed by atoms with Crippen LogP contribution in [0.15, 0.2) is 10.4 Å². The summed E-state index contributed by atoms with van der Waals surface area (Å²) in [5.41, 5.74) is 1.16. The minimum absolute atomic E-state index is 0.0280. The van der Waals surface area contributed by atoms with Gasteiger partial charge in [-0.2, -0.15) is 0 Å². The fourth-order valence-corrected chi connectivity index (χ4v) is 3.00. The maximum atomic E-state index is 11.8. The standard InChI is InChI=1S/C19H35N5O2S/c1-7-26-12-8-10-20-18(22-13-16(25)24(5)6)21-11-9-15-14-27-17(23-15)19(2,3)4/h14H,7-13H2,1-6H3,(H2,20,21,22). The van der Waals surface area contributed by atoms with Crippen molar-refractivity contribution < 1.29 is 9.53 Å². The van der Waals surface area contributed by atoms with Crippen molar-refractivity contribution in [2.45, 2.75) is 46.0 Å². The molecule has 0 saturated carbocycles. The number of amides is 1. The SMILES string of the molecule is CCOCCCNC(=NCC(=O)N(C)C)NCCc1csc(C(C)(C)C)n1. The van der Waals surface area contributed by atoms with Gasteiger partial charge in [0.15, 0.2) is 5.96 Å². The van der Waals surface area contributed by atoms with Gasteiger partial charge in [-0.1, -0.05) is 20.8 Å². The molecule has 0 aromatic carbocycles. The van der Waals surface area contributed by atoms with E-state index in [4.69, 9.17) is 9.72 Å². The molecule has 0 aliphatic carbocycles. The molecule has 1 aromatic rings. The first-order valence-electron chi connectivity index (χ1n) is 9.49. The van der Waals surface area contributed by atoms with E-state index in [0.29, 0.717) is 19.1 Å². The Bertz CT molecular complexity index is 593. The summed E-state index contributed by atoms with van der Waals surface area (Å²) in [4.78, 5) is 22.4. The molecule has 154 valence electrons. The molecule has 0 radical (unpaired) electrons. The van der Waals surface area contributed by atoms with Crippen LogP contribution in [-0.2, 0) is 21.4 Å². The second-order valence-corrected chi connectivity index (χ2v) is 8.36. The van der Waals surface area contributed by atoms with Gasteiger partial charge < -0.3 is 20.3 Å². The average Bonchev–Trinajstić information content (AvgIpc) is 3.07. The lowest BCUT2D eigenvalue weighted by Crippen LogP contribution is -2.40. The van der Waals surface area contributed by atoms with Crippen molar-refractivity contribution in [1.29, 1.82) is 0 Å². The van der Waals surface area contributed by atoms with Gasteiger partial charge in [-0.25, -0.2) is 9.98 Å². The van der Waals surface area contributed by atoms with Crippen LogP contribution in [0.5, 0.6) is 0 Å². The number of nitrogens with zero attached hydrogens (tertiary/aromatic N) is 3. The topological polar surface area (TPSA) is 78.8 Å². The third-order valence-electron chi connectivity index (χ3n) is 3.70. The number of thiazole rings is 1. The number of nitrogens with one attached hydrogen (secondary N) is 2. The van der Waals surface area contributed by atoms with Crippen LogP contribution in [0.25, 0.3) is 0 Å². The predicted octanol–water partition coefficient (Wildman–Crippen LogP) is 2.03. The lowest BCUT2D eigenvalue weighted by atomic mass is 9.98. The van der Waals surface area contributed by atoms with Gasteiger partial charge in [0.2, 0.25) is 5.91 Å². The Morgan fingerprint density at radius 1 is 1.30 bits per heavy atom. The van der Waals surface area contributed by atoms with Crippen molar-refractivity contribution in [3.05, 3.63) is 16.1 Å². The highest BCUT2D eigenvalue weighted by Crippen LogP contribution is 2.25. The Labute approximate surface area is 167 Å². The Morgan fingerprint density at radius 2 is 2.00 bits per heavy atom. The molecule has 0 saturated heterocycles. The van der Waals surface area contributed by atoms with E-state index in [1.165, 1.54) is 0 Å². The molecule has 0 aliphatic rings. The van der Waals surface area contributed by atoms with Crippen LogP contribution in [0, 0.1) is 0 Å². The monoisotopic (exact) mass is 397 g/mol. The van der Waals surface area contributed by atoms with E-state index >= 15 is 0 Å². The Balaban J connectivity index is 2.52. The molecule has 8 heteroatoms. The second-order valence-electron chi connectivity index (χ2n) is 7.50. The zero-order valence-corrected chi connectivity index (χ0v) is 18.4. The summed E-state index contributed by atoms with van der Waals surface area (Å²) in [6.07, 6.45) is 1.70. The van der Waals surface area contributed by atoms with Gasteiger partial charge >= 0.3 is 0 Å². The van der Waals surface area contributed by atoms with E-state index in [-0.39, 0.29) is 17.9 Å². The largest absolute Gasteiger partial charge is 0.382 e. The Hall–Kier alpha value is -1.67. The summed E-state index contributed by atoms with van der Waals surface area (Å²) in [6.45, 7) is 11.5. The molecule has 1 aromatic heterocycles. The van der Waals surface area contributed by atoms with E-state index in [1.54, 1.807) is 30.3 Å². The van der Waals surface area contributed by atoms with Crippen LogP contribution in [0.3, 0.4) is 0 Å². The Morgan fingerprint density at radius 3 is 2.59 bits per heavy atom. The average molecular weight is 398 g/mol. The molecule has 1 rings (SSSR count). The van der Waals surface area contributed by atoms with Gasteiger partial charge in [-0.3, -0.25) is 4.79 Å². The second kappa shape index (κ2) is 11.9. The van der Waals surface area contributed by atoms with E-state index in [1.807, 2.05) is 6.92 Å². The van der Waals surface area contributed by atoms with Crippen LogP contribution in [0.1, 0.15) is 44.8 Å². The van der Waals surface area contributed by atoms with Gasteiger partial charge in [0.25, 0.3) is 0 Å². The fourth-order valence-electron chi connectivity index (χ4n) is 2.06. The number of hydrogen-bond donors (Lipinski definition) is 2. The number of aliphatic imine (C=N–C) groups is 1. The quantitative estimate of drug-likeness (QED) is 0.359. The number of carbonyl (C=O) groups excluding carboxylic acids is 1. The molecule has 0 spiro atoms. The highest BCUT2D eigenvalue weighted by molar-refractivity contribution is 7.09. The molecule has 27 heavy (non-hydrogen) atoms. The minimum Gasteiger partial charge on any atom is -0.382 e. The van der Waals surface area contributed by atoms with Crippen LogP contribution in [0.2, 0.25) is 0 Å². The fraction of sp³-hybridized carbons (Fsp3) is 0.737. The van der Waals surface area contributed by atoms with Crippen molar-refractivity contribution in [2.75, 3.05) is 46.9 Å². The van der Waals surface area contributed by atoms with E-state index in [9.17, 15) is 4.79 Å². The molecule has 2 N–H and O–H groups in total. The first-order chi connectivity index (χ1) is 12.7. The lowest BCUT2D eigenvalue weighted by molar-refractivity contribution is -0.127. The van der Waals surface area contributed by atoms with Crippen LogP contribution in [0.4, 0.5) is 0 Å². The molecule has 0 fully saturated rings. The number of ether oxygens (including phenoxy) is 1. The van der Waals surface area contributed by atoms with E-state index in [2.05, 4.69) is 41.8 Å². The highest BCUT2D eigenvalue weighted by atomic mass is 32.1. The van der Waals surface area contributed by atoms with Gasteiger partial charge in [0.05, 0.1) is 10.7 Å². The van der Waals surface area contributed by atoms with E-state index < -0.39 is 0 Å². The number of aromatic nitrogens is 1. The normalized spacial score (nSPS) is 12.1. The first-order valence-corrected chi connectivity index (χ1v) is 10.4. The van der Waals surface area contributed by atoms with Crippen LogP contribution in [-0.4, -0.2) is 68.7 Å². The van der Waals surface area contributed by atoms with Crippen LogP contribution < -0.4 is 10.6 Å². The number of guanidine groups is 1. The molecule has 0 aliphatic heterocycles. The van der Waals surface area contributed by atoms with Gasteiger partial charge in [-0.05, 0) is 13.3 Å². The summed E-state index contributed by atoms with van der Waals surface area (Å²) < 4.78 is 5.35. The summed E-state index contributed by atoms with van der Waals surface area (Å²) in [5, 5.41) is 9.82. The molecule has 0 unspecified atom stereocenters. The van der Waals surface area contributed by atoms with Gasteiger partial charge in [0, 0.05) is 57.6 Å². The van der Waals surface area contributed by atoms with Gasteiger partial charge in [0.1, 0.15) is 6.54 Å². The Kier molecular flexibility index (Phi) is 10.3. The molecule has 1 heterocycles. The third-order valence-corrected chi connectivity index (χ3v) is 5.02.